The molecule has 1 saturated heterocycles. The first-order chi connectivity index (χ1) is 13.3. The highest BCUT2D eigenvalue weighted by Crippen LogP contribution is 2.56. The number of nitrogens with zero attached hydrogens (tertiary/aromatic N) is 1. The molecule has 1 aliphatic carbocycles. The molecule has 1 aromatic rings. The minimum atomic E-state index is -0.525. The van der Waals surface area contributed by atoms with Gasteiger partial charge in [-0.1, -0.05) is 15.9 Å². The molecule has 154 valence electrons. The van der Waals surface area contributed by atoms with E-state index in [2.05, 4.69) is 15.9 Å². The van der Waals surface area contributed by atoms with Gasteiger partial charge >= 0.3 is 6.09 Å². The Morgan fingerprint density at radius 1 is 1.46 bits per heavy atom. The Kier molecular flexibility index (Phi) is 5.94. The van der Waals surface area contributed by atoms with E-state index in [1.165, 1.54) is 7.11 Å². The average molecular weight is 454 g/mol. The molecule has 0 spiro atoms. The van der Waals surface area contributed by atoms with Crippen LogP contribution in [0.4, 0.5) is 4.79 Å². The van der Waals surface area contributed by atoms with Crippen LogP contribution in [0, 0.1) is 12.8 Å². The maximum atomic E-state index is 12.6. The van der Waals surface area contributed by atoms with Crippen molar-refractivity contribution in [2.24, 2.45) is 5.92 Å². The van der Waals surface area contributed by atoms with Crippen molar-refractivity contribution in [1.82, 2.24) is 4.90 Å². The highest BCUT2D eigenvalue weighted by atomic mass is 79.9. The minimum absolute atomic E-state index is 0.0481. The van der Waals surface area contributed by atoms with Crippen LogP contribution in [-0.4, -0.2) is 48.2 Å². The van der Waals surface area contributed by atoms with Gasteiger partial charge in [-0.2, -0.15) is 0 Å². The highest BCUT2D eigenvalue weighted by Gasteiger charge is 2.54. The van der Waals surface area contributed by atoms with E-state index in [1.807, 2.05) is 13.8 Å². The van der Waals surface area contributed by atoms with Gasteiger partial charge in [0.2, 0.25) is 0 Å². The van der Waals surface area contributed by atoms with E-state index in [1.54, 1.807) is 17.9 Å². The molecule has 0 aromatic heterocycles. The van der Waals surface area contributed by atoms with Crippen LogP contribution in [0.15, 0.2) is 10.5 Å². The molecule has 0 radical (unpaired) electrons. The van der Waals surface area contributed by atoms with Gasteiger partial charge in [0.05, 0.1) is 13.7 Å². The number of phenolic OH excluding ortho intramolecular Hbond substituents is 1. The number of ketones is 1. The van der Waals surface area contributed by atoms with Gasteiger partial charge in [0.25, 0.3) is 0 Å². The second-order valence-corrected chi connectivity index (χ2v) is 8.66. The summed E-state index contributed by atoms with van der Waals surface area (Å²) in [6.45, 7) is 6.58. The molecule has 2 aliphatic rings. The van der Waals surface area contributed by atoms with Gasteiger partial charge in [-0.25, -0.2) is 4.79 Å². The van der Waals surface area contributed by atoms with Crippen LogP contribution in [0.25, 0.3) is 0 Å². The number of Topliss-reactive ketones (excluding diaryl/α,β-unsaturated/α-hetero) is 1. The van der Waals surface area contributed by atoms with E-state index < -0.39 is 5.41 Å². The smallest absolute Gasteiger partial charge is 0.409 e. The first-order valence-corrected chi connectivity index (χ1v) is 10.6. The molecule has 3 rings (SSSR count). The van der Waals surface area contributed by atoms with E-state index in [4.69, 9.17) is 9.47 Å². The van der Waals surface area contributed by atoms with E-state index in [0.29, 0.717) is 44.6 Å². The normalized spacial score (nSPS) is 27.3. The Morgan fingerprint density at radius 3 is 2.82 bits per heavy atom. The van der Waals surface area contributed by atoms with Gasteiger partial charge in [-0.15, -0.1) is 0 Å². The van der Waals surface area contributed by atoms with E-state index in [9.17, 15) is 14.7 Å². The van der Waals surface area contributed by atoms with Crippen molar-refractivity contribution in [1.29, 1.82) is 0 Å². The number of carbonyl (C=O) groups is 2. The molecule has 1 heterocycles. The van der Waals surface area contributed by atoms with Gasteiger partial charge in [0.1, 0.15) is 5.78 Å². The molecule has 28 heavy (non-hydrogen) atoms. The lowest BCUT2D eigenvalue weighted by molar-refractivity contribution is -0.126. The topological polar surface area (TPSA) is 76.1 Å². The maximum absolute atomic E-state index is 12.6. The number of piperidine rings is 1. The second-order valence-electron chi connectivity index (χ2n) is 7.81. The number of hydrogen-bond acceptors (Lipinski definition) is 5. The Hall–Kier alpha value is -1.76. The number of ether oxygens (including phenoxy) is 2. The van der Waals surface area contributed by atoms with Crippen LogP contribution in [0.2, 0.25) is 0 Å². The lowest BCUT2D eigenvalue weighted by atomic mass is 9.55. The molecule has 2 unspecified atom stereocenters. The number of phenols is 1. The second kappa shape index (κ2) is 7.93. The molecule has 7 heteroatoms. The summed E-state index contributed by atoms with van der Waals surface area (Å²) in [6, 6.07) is 1.66. The fourth-order valence-electron chi connectivity index (χ4n) is 5.22. The predicted octanol–water partition coefficient (Wildman–Crippen LogP) is 4.33. The molecule has 3 atom stereocenters. The van der Waals surface area contributed by atoms with Gasteiger partial charge in [0, 0.05) is 40.9 Å². The van der Waals surface area contributed by atoms with E-state index in [-0.39, 0.29) is 29.6 Å². The van der Waals surface area contributed by atoms with E-state index >= 15 is 0 Å². The maximum Gasteiger partial charge on any atom is 0.409 e. The fraction of sp³-hybridized carbons (Fsp3) is 0.619. The fourth-order valence-corrected chi connectivity index (χ4v) is 5.63. The number of halogens is 1. The van der Waals surface area contributed by atoms with Crippen LogP contribution >= 0.6 is 15.9 Å². The van der Waals surface area contributed by atoms with Crippen LogP contribution < -0.4 is 4.74 Å². The van der Waals surface area contributed by atoms with Crippen molar-refractivity contribution in [2.75, 3.05) is 20.3 Å². The number of methoxy groups -OCH3 is 1. The van der Waals surface area contributed by atoms with Crippen LogP contribution in [-0.2, 0) is 14.9 Å². The van der Waals surface area contributed by atoms with Crippen LogP contribution in [0.3, 0.4) is 0 Å². The van der Waals surface area contributed by atoms with Crippen molar-refractivity contribution in [3.63, 3.8) is 0 Å². The first-order valence-electron chi connectivity index (χ1n) is 9.78. The van der Waals surface area contributed by atoms with Crippen molar-refractivity contribution in [3.8, 4) is 11.5 Å². The van der Waals surface area contributed by atoms with Gasteiger partial charge in [0.15, 0.2) is 11.5 Å². The zero-order chi connectivity index (χ0) is 20.6. The summed E-state index contributed by atoms with van der Waals surface area (Å²) in [6.07, 6.45) is 1.84. The molecular formula is C21H28BrNO5. The molecule has 1 aromatic carbocycles. The van der Waals surface area contributed by atoms with Crippen molar-refractivity contribution in [3.05, 3.63) is 21.7 Å². The number of likely N-dealkylation sites (tertiary alicyclic amines) is 1. The van der Waals surface area contributed by atoms with Crippen molar-refractivity contribution >= 4 is 27.8 Å². The molecule has 2 fully saturated rings. The monoisotopic (exact) mass is 453 g/mol. The van der Waals surface area contributed by atoms with Gasteiger partial charge in [-0.3, -0.25) is 4.79 Å². The number of amides is 1. The number of rotatable bonds is 3. The summed E-state index contributed by atoms with van der Waals surface area (Å²) >= 11 is 3.58. The Morgan fingerprint density at radius 2 is 2.18 bits per heavy atom. The predicted molar refractivity (Wildman–Crippen MR) is 109 cm³/mol. The SMILES string of the molecule is CCOC(=O)N1CC[C@@]2(c3c(C)c(Br)cc(OC)c3O)CC(=O)CCC2C1C. The van der Waals surface area contributed by atoms with Crippen LogP contribution in [0.1, 0.15) is 50.7 Å². The summed E-state index contributed by atoms with van der Waals surface area (Å²) in [7, 11) is 1.52. The number of fused-ring (bicyclic) bond motifs is 1. The molecule has 1 saturated carbocycles. The minimum Gasteiger partial charge on any atom is -0.504 e. The molecule has 1 amide bonds. The average Bonchev–Trinajstić information content (AvgIpc) is 2.65. The first kappa shape index (κ1) is 21.0. The quantitative estimate of drug-likeness (QED) is 0.736. The van der Waals surface area contributed by atoms with Gasteiger partial charge < -0.3 is 19.5 Å². The highest BCUT2D eigenvalue weighted by molar-refractivity contribution is 9.10. The molecule has 6 nitrogen and oxygen atoms in total. The summed E-state index contributed by atoms with van der Waals surface area (Å²) < 4.78 is 11.5. The zero-order valence-electron chi connectivity index (χ0n) is 16.9. The molecule has 0 bridgehead atoms. The number of aromatic hydroxyl groups is 1. The van der Waals surface area contributed by atoms with Crippen LogP contribution in [0.5, 0.6) is 11.5 Å². The molecule has 1 N–H and O–H groups in total. The Balaban J connectivity index is 2.13. The Labute approximate surface area is 174 Å². The molecule has 1 aliphatic heterocycles. The van der Waals surface area contributed by atoms with Crippen molar-refractivity contribution < 1.29 is 24.2 Å². The lowest BCUT2D eigenvalue weighted by Gasteiger charge is -2.54. The Bertz CT molecular complexity index is 795. The third kappa shape index (κ3) is 3.27. The summed E-state index contributed by atoms with van der Waals surface area (Å²) in [5.41, 5.74) is 1.16. The van der Waals surface area contributed by atoms with Crippen molar-refractivity contribution in [2.45, 2.75) is 57.9 Å². The van der Waals surface area contributed by atoms with E-state index in [0.717, 1.165) is 15.6 Å². The lowest BCUT2D eigenvalue weighted by Crippen LogP contribution is -2.59. The number of hydrogen-bond donors (Lipinski definition) is 1. The number of carbonyl (C=O) groups excluding carboxylic acids is 2. The summed E-state index contributed by atoms with van der Waals surface area (Å²) in [5.74, 6) is 0.733. The summed E-state index contributed by atoms with van der Waals surface area (Å²) in [4.78, 5) is 26.8. The largest absolute Gasteiger partial charge is 0.504 e. The standard InChI is InChI=1S/C21H28BrNO5/c1-5-28-20(26)23-9-8-21(11-14(24)6-7-15(21)13(23)3)18-12(2)16(22)10-17(27-4)19(18)25/h10,13,15,25H,5-9,11H2,1-4H3/t13?,15?,21-/m1/s1. The zero-order valence-corrected chi connectivity index (χ0v) is 18.5. The van der Waals surface area contributed by atoms with Gasteiger partial charge in [-0.05, 0) is 51.2 Å². The number of benzene rings is 1. The third-order valence-corrected chi connectivity index (χ3v) is 7.33. The third-order valence-electron chi connectivity index (χ3n) is 6.51. The molecular weight excluding hydrogens is 426 g/mol. The summed E-state index contributed by atoms with van der Waals surface area (Å²) in [5, 5.41) is 11.0.